The van der Waals surface area contributed by atoms with E-state index >= 15 is 0 Å². The second-order valence-corrected chi connectivity index (χ2v) is 9.04. The van der Waals surface area contributed by atoms with Gasteiger partial charge in [0.1, 0.15) is 0 Å². The summed E-state index contributed by atoms with van der Waals surface area (Å²) in [5, 5.41) is 0. The van der Waals surface area contributed by atoms with Gasteiger partial charge in [-0.1, -0.05) is 25.8 Å². The normalized spacial score (nSPS) is 20.1. The molecule has 1 fully saturated rings. The molecular formula is C23H24F12O2. The Morgan fingerprint density at radius 2 is 1.41 bits per heavy atom. The molecule has 0 N–H and O–H groups in total. The molecule has 0 radical (unpaired) electrons. The molecule has 0 bridgehead atoms. The van der Waals surface area contributed by atoms with E-state index in [4.69, 9.17) is 4.74 Å². The van der Waals surface area contributed by atoms with E-state index < -0.39 is 84.9 Å². The zero-order valence-corrected chi connectivity index (χ0v) is 19.4. The molecule has 2 rings (SSSR count). The predicted molar refractivity (Wildman–Crippen MR) is 107 cm³/mol. The summed E-state index contributed by atoms with van der Waals surface area (Å²) in [5.74, 6) is -34.4. The second-order valence-electron chi connectivity index (χ2n) is 9.04. The summed E-state index contributed by atoms with van der Waals surface area (Å²) in [5.41, 5.74) is 0.627. The molecule has 0 amide bonds. The monoisotopic (exact) mass is 560 g/mol. The minimum atomic E-state index is -7.46. The summed E-state index contributed by atoms with van der Waals surface area (Å²) in [6, 6.07) is 3.80. The van der Waals surface area contributed by atoms with Gasteiger partial charge in [-0.25, -0.2) is 4.39 Å². The van der Waals surface area contributed by atoms with Crippen molar-refractivity contribution < 1.29 is 62.2 Å². The highest BCUT2D eigenvalue weighted by atomic mass is 19.4. The van der Waals surface area contributed by atoms with Crippen LogP contribution in [0.5, 0.6) is 5.75 Å². The number of carbonyl (C=O) groups is 1. The highest BCUT2D eigenvalue weighted by molar-refractivity contribution is 5.75. The molecule has 0 aliphatic heterocycles. The lowest BCUT2D eigenvalue weighted by Gasteiger charge is -2.41. The average molecular weight is 560 g/mol. The van der Waals surface area contributed by atoms with Crippen LogP contribution in [0.15, 0.2) is 18.2 Å². The van der Waals surface area contributed by atoms with Crippen molar-refractivity contribution in [3.8, 4) is 5.75 Å². The molecule has 37 heavy (non-hydrogen) atoms. The van der Waals surface area contributed by atoms with E-state index in [1.807, 2.05) is 6.92 Å². The number of unbranched alkanes of at least 4 members (excludes halogenated alkanes) is 2. The third-order valence-electron chi connectivity index (χ3n) is 6.41. The predicted octanol–water partition coefficient (Wildman–Crippen LogP) is 8.37. The van der Waals surface area contributed by atoms with Gasteiger partial charge in [-0.05, 0) is 56.2 Å². The largest absolute Gasteiger partial charge is 0.460 e. The molecule has 0 spiro atoms. The van der Waals surface area contributed by atoms with Crippen LogP contribution in [-0.4, -0.2) is 35.8 Å². The number of alkyl halides is 11. The first-order valence-corrected chi connectivity index (χ1v) is 11.4. The zero-order chi connectivity index (χ0) is 28.4. The van der Waals surface area contributed by atoms with Crippen molar-refractivity contribution in [2.75, 3.05) is 0 Å². The quantitative estimate of drug-likeness (QED) is 0.124. The summed E-state index contributed by atoms with van der Waals surface area (Å²) >= 11 is 0. The Balaban J connectivity index is 2.07. The van der Waals surface area contributed by atoms with Crippen LogP contribution in [0.4, 0.5) is 52.7 Å². The van der Waals surface area contributed by atoms with Crippen LogP contribution in [0.2, 0.25) is 0 Å². The molecule has 0 atom stereocenters. The fourth-order valence-electron chi connectivity index (χ4n) is 4.09. The van der Waals surface area contributed by atoms with E-state index in [1.165, 1.54) is 6.07 Å². The minimum Gasteiger partial charge on any atom is -0.423 e. The molecule has 1 saturated carbocycles. The van der Waals surface area contributed by atoms with E-state index in [-0.39, 0.29) is 0 Å². The average Bonchev–Trinajstić information content (AvgIpc) is 2.79. The summed E-state index contributed by atoms with van der Waals surface area (Å²) in [6.07, 6.45) is -7.51. The number of halogens is 12. The number of benzene rings is 1. The number of ether oxygens (including phenoxy) is 1. The number of aryl methyl sites for hydroxylation is 1. The molecule has 2 nitrogen and oxygen atoms in total. The first-order chi connectivity index (χ1) is 16.8. The van der Waals surface area contributed by atoms with Crippen molar-refractivity contribution in [3.63, 3.8) is 0 Å². The second kappa shape index (κ2) is 10.9. The maximum absolute atomic E-state index is 14.3. The summed E-state index contributed by atoms with van der Waals surface area (Å²) < 4.78 is 165. The van der Waals surface area contributed by atoms with Crippen molar-refractivity contribution in [2.24, 2.45) is 11.8 Å². The molecule has 14 heteroatoms. The van der Waals surface area contributed by atoms with Gasteiger partial charge in [-0.3, -0.25) is 4.79 Å². The number of hydrogen-bond donors (Lipinski definition) is 0. The van der Waals surface area contributed by atoms with Gasteiger partial charge in [0, 0.05) is 5.92 Å². The highest BCUT2D eigenvalue weighted by Gasteiger charge is 2.87. The van der Waals surface area contributed by atoms with Gasteiger partial charge in [0.15, 0.2) is 11.6 Å². The molecule has 1 aromatic carbocycles. The topological polar surface area (TPSA) is 26.3 Å². The Morgan fingerprint density at radius 3 is 1.89 bits per heavy atom. The van der Waals surface area contributed by atoms with Gasteiger partial charge in [0.05, 0.1) is 5.92 Å². The van der Waals surface area contributed by atoms with Gasteiger partial charge < -0.3 is 4.74 Å². The van der Waals surface area contributed by atoms with Crippen molar-refractivity contribution in [1.82, 2.24) is 0 Å². The highest BCUT2D eigenvalue weighted by Crippen LogP contribution is 2.60. The standard InChI is InChI=1S/C23H24F12O2/c1-2-3-4-5-13-6-11-17(16(24)12-13)37-18(36)14-7-9-15(10-8-14)19(25,26)20(27,28)21(29,30)22(31,32)23(33,34)35/h6,11-12,14-15H,2-5,7-10H2,1H3/t14-,15-. The zero-order valence-electron chi connectivity index (χ0n) is 19.4. The lowest BCUT2D eigenvalue weighted by atomic mass is 9.76. The van der Waals surface area contributed by atoms with Crippen LogP contribution in [-0.2, 0) is 11.2 Å². The third-order valence-corrected chi connectivity index (χ3v) is 6.41. The maximum Gasteiger partial charge on any atom is 0.460 e. The van der Waals surface area contributed by atoms with Crippen molar-refractivity contribution in [3.05, 3.63) is 29.6 Å². The van der Waals surface area contributed by atoms with Crippen molar-refractivity contribution in [2.45, 2.75) is 88.2 Å². The molecule has 212 valence electrons. The number of hydrogen-bond acceptors (Lipinski definition) is 2. The van der Waals surface area contributed by atoms with Gasteiger partial charge in [-0.15, -0.1) is 0 Å². The van der Waals surface area contributed by atoms with Gasteiger partial charge in [0.25, 0.3) is 0 Å². The van der Waals surface area contributed by atoms with Crippen LogP contribution >= 0.6 is 0 Å². The Kier molecular flexibility index (Phi) is 9.17. The Labute approximate surface area is 204 Å². The lowest BCUT2D eigenvalue weighted by Crippen LogP contribution is -2.67. The maximum atomic E-state index is 14.3. The number of esters is 1. The van der Waals surface area contributed by atoms with Crippen LogP contribution in [0.25, 0.3) is 0 Å². The van der Waals surface area contributed by atoms with E-state index in [1.54, 1.807) is 0 Å². The molecular weight excluding hydrogens is 536 g/mol. The van der Waals surface area contributed by atoms with Crippen molar-refractivity contribution in [1.29, 1.82) is 0 Å². The number of rotatable bonds is 10. The Bertz CT molecular complexity index is 934. The molecule has 0 unspecified atom stereocenters. The van der Waals surface area contributed by atoms with E-state index in [0.717, 1.165) is 31.4 Å². The van der Waals surface area contributed by atoms with Crippen molar-refractivity contribution >= 4 is 5.97 Å². The summed E-state index contributed by atoms with van der Waals surface area (Å²) in [6.45, 7) is 1.98. The first-order valence-electron chi connectivity index (χ1n) is 11.4. The Morgan fingerprint density at radius 1 is 0.838 bits per heavy atom. The minimum absolute atomic E-state index is 0.489. The molecule has 1 aliphatic carbocycles. The van der Waals surface area contributed by atoms with Gasteiger partial charge >= 0.3 is 35.8 Å². The lowest BCUT2D eigenvalue weighted by molar-refractivity contribution is -0.427. The smallest absolute Gasteiger partial charge is 0.423 e. The summed E-state index contributed by atoms with van der Waals surface area (Å²) in [4.78, 5) is 12.3. The Hall–Kier alpha value is -2.15. The van der Waals surface area contributed by atoms with Gasteiger partial charge in [-0.2, -0.15) is 48.3 Å². The van der Waals surface area contributed by atoms with Crippen LogP contribution in [0.3, 0.4) is 0 Å². The van der Waals surface area contributed by atoms with Crippen LogP contribution in [0, 0.1) is 17.7 Å². The third kappa shape index (κ3) is 5.97. The molecule has 1 aliphatic rings. The number of carbonyl (C=O) groups excluding carboxylic acids is 1. The van der Waals surface area contributed by atoms with Crippen LogP contribution < -0.4 is 4.74 Å². The molecule has 0 aromatic heterocycles. The van der Waals surface area contributed by atoms with Gasteiger partial charge in [0.2, 0.25) is 0 Å². The molecule has 1 aromatic rings. The van der Waals surface area contributed by atoms with Crippen LogP contribution in [0.1, 0.15) is 57.4 Å². The molecule has 0 heterocycles. The first kappa shape index (κ1) is 31.1. The van der Waals surface area contributed by atoms with E-state index in [0.29, 0.717) is 12.0 Å². The van der Waals surface area contributed by atoms with E-state index in [9.17, 15) is 57.5 Å². The summed E-state index contributed by atoms with van der Waals surface area (Å²) in [7, 11) is 0. The fraction of sp³-hybridized carbons (Fsp3) is 0.696. The SMILES string of the molecule is CCCCCc1ccc(OC(=O)[C@H]2CC[C@H](C(F)(F)C(F)(F)C(F)(F)C(F)(F)C(F)(F)F)CC2)c(F)c1. The van der Waals surface area contributed by atoms with E-state index in [2.05, 4.69) is 0 Å². The fourth-order valence-corrected chi connectivity index (χ4v) is 4.09. The molecule has 0 saturated heterocycles.